The summed E-state index contributed by atoms with van der Waals surface area (Å²) in [5, 5.41) is 0.960. The molecule has 0 saturated heterocycles. The van der Waals surface area contributed by atoms with Gasteiger partial charge in [-0.3, -0.25) is 4.79 Å². The summed E-state index contributed by atoms with van der Waals surface area (Å²) >= 11 is 8.65. The van der Waals surface area contributed by atoms with E-state index in [9.17, 15) is 4.79 Å². The zero-order chi connectivity index (χ0) is 15.0. The van der Waals surface area contributed by atoms with Crippen molar-refractivity contribution < 1.29 is 9.53 Å². The monoisotopic (exact) mass is 429 g/mol. The molecule has 1 aromatic heterocycles. The molecule has 0 N–H and O–H groups in total. The van der Waals surface area contributed by atoms with Crippen LogP contribution in [-0.4, -0.2) is 17.6 Å². The lowest BCUT2D eigenvalue weighted by atomic mass is 10.1. The molecule has 3 rings (SSSR count). The first-order chi connectivity index (χ1) is 10.1. The molecular formula is C15H13Br2NO2S. The molecule has 1 unspecified atom stereocenters. The predicted molar refractivity (Wildman–Crippen MR) is 90.6 cm³/mol. The lowest BCUT2D eigenvalue weighted by Gasteiger charge is -2.07. The van der Waals surface area contributed by atoms with E-state index in [4.69, 9.17) is 9.72 Å². The van der Waals surface area contributed by atoms with E-state index in [-0.39, 0.29) is 11.9 Å². The van der Waals surface area contributed by atoms with E-state index in [1.165, 1.54) is 4.88 Å². The van der Waals surface area contributed by atoms with Crippen LogP contribution in [-0.2, 0) is 16.0 Å². The quantitative estimate of drug-likeness (QED) is 0.648. The van der Waals surface area contributed by atoms with Crippen LogP contribution >= 0.6 is 43.2 Å². The van der Waals surface area contributed by atoms with Crippen LogP contribution in [0.1, 0.15) is 29.8 Å². The minimum Gasteiger partial charge on any atom is -0.465 e. The van der Waals surface area contributed by atoms with Crippen LogP contribution in [0, 0.1) is 0 Å². The third kappa shape index (κ3) is 2.94. The number of aryl methyl sites for hydroxylation is 1. The summed E-state index contributed by atoms with van der Waals surface area (Å²) in [6.07, 6.45) is 1.73. The van der Waals surface area contributed by atoms with E-state index >= 15 is 0 Å². The van der Waals surface area contributed by atoms with Crippen molar-refractivity contribution in [2.24, 2.45) is 0 Å². The van der Waals surface area contributed by atoms with E-state index in [0.717, 1.165) is 38.1 Å². The maximum Gasteiger partial charge on any atom is 0.315 e. The van der Waals surface area contributed by atoms with Gasteiger partial charge in [-0.15, -0.1) is 11.3 Å². The SMILES string of the molecule is CCOC(=O)C1CCc2sc(-c3ccc(Br)c(Br)c3)nc21. The van der Waals surface area contributed by atoms with Crippen LogP contribution in [0.15, 0.2) is 27.1 Å². The van der Waals surface area contributed by atoms with E-state index in [1.54, 1.807) is 11.3 Å². The number of rotatable bonds is 3. The van der Waals surface area contributed by atoms with E-state index < -0.39 is 0 Å². The van der Waals surface area contributed by atoms with Crippen molar-refractivity contribution in [2.45, 2.75) is 25.7 Å². The van der Waals surface area contributed by atoms with E-state index in [1.807, 2.05) is 25.1 Å². The summed E-state index contributed by atoms with van der Waals surface area (Å²) in [6, 6.07) is 6.06. The smallest absolute Gasteiger partial charge is 0.315 e. The third-order valence-corrected chi connectivity index (χ3v) is 6.52. The number of benzene rings is 1. The standard InChI is InChI=1S/C15H13Br2NO2S/c1-2-20-15(19)9-4-6-12-13(9)18-14(21-12)8-3-5-10(16)11(17)7-8/h3,5,7,9H,2,4,6H2,1H3. The first-order valence-electron chi connectivity index (χ1n) is 6.71. The van der Waals surface area contributed by atoms with Crippen LogP contribution in [0.25, 0.3) is 10.6 Å². The molecule has 3 nitrogen and oxygen atoms in total. The average molecular weight is 431 g/mol. The number of hydrogen-bond donors (Lipinski definition) is 0. The second-order valence-corrected chi connectivity index (χ2v) is 7.59. The van der Waals surface area contributed by atoms with Gasteiger partial charge in [-0.05, 0) is 63.8 Å². The summed E-state index contributed by atoms with van der Waals surface area (Å²) in [4.78, 5) is 17.9. The van der Waals surface area contributed by atoms with Gasteiger partial charge in [0.05, 0.1) is 12.3 Å². The van der Waals surface area contributed by atoms with Gasteiger partial charge in [-0.25, -0.2) is 4.98 Å². The highest BCUT2D eigenvalue weighted by Crippen LogP contribution is 2.41. The number of hydrogen-bond acceptors (Lipinski definition) is 4. The lowest BCUT2D eigenvalue weighted by Crippen LogP contribution is -2.14. The normalized spacial score (nSPS) is 16.8. The van der Waals surface area contributed by atoms with Gasteiger partial charge < -0.3 is 4.74 Å². The Morgan fingerprint density at radius 3 is 2.95 bits per heavy atom. The molecule has 0 bridgehead atoms. The minimum absolute atomic E-state index is 0.148. The number of nitrogens with zero attached hydrogens (tertiary/aromatic N) is 1. The Hall–Kier alpha value is -0.720. The van der Waals surface area contributed by atoms with Crippen molar-refractivity contribution >= 4 is 49.2 Å². The van der Waals surface area contributed by atoms with Crippen LogP contribution in [0.4, 0.5) is 0 Å². The Bertz CT molecular complexity index is 699. The van der Waals surface area contributed by atoms with Crippen LogP contribution < -0.4 is 0 Å². The molecule has 110 valence electrons. The van der Waals surface area contributed by atoms with Gasteiger partial charge in [0.25, 0.3) is 0 Å². The van der Waals surface area contributed by atoms with Crippen molar-refractivity contribution in [3.63, 3.8) is 0 Å². The second-order valence-electron chi connectivity index (χ2n) is 4.80. The molecule has 0 radical (unpaired) electrons. The maximum absolute atomic E-state index is 12.0. The van der Waals surface area contributed by atoms with Crippen molar-refractivity contribution in [2.75, 3.05) is 6.61 Å². The van der Waals surface area contributed by atoms with Gasteiger partial charge in [-0.1, -0.05) is 6.07 Å². The summed E-state index contributed by atoms with van der Waals surface area (Å²) in [7, 11) is 0. The van der Waals surface area contributed by atoms with Gasteiger partial charge in [0, 0.05) is 19.4 Å². The van der Waals surface area contributed by atoms with Gasteiger partial charge in [0.2, 0.25) is 0 Å². The number of carbonyl (C=O) groups excluding carboxylic acids is 1. The molecule has 0 aliphatic heterocycles. The molecule has 1 aromatic carbocycles. The summed E-state index contributed by atoms with van der Waals surface area (Å²) in [5.41, 5.74) is 1.97. The number of carbonyl (C=O) groups is 1. The Labute approximate surface area is 144 Å². The first kappa shape index (κ1) is 15.2. The molecule has 1 aliphatic rings. The maximum atomic E-state index is 12.0. The fourth-order valence-electron chi connectivity index (χ4n) is 2.45. The molecule has 0 amide bonds. The molecule has 1 atom stereocenters. The fraction of sp³-hybridized carbons (Fsp3) is 0.333. The fourth-order valence-corrected chi connectivity index (χ4v) is 4.21. The molecule has 21 heavy (non-hydrogen) atoms. The van der Waals surface area contributed by atoms with Gasteiger partial charge >= 0.3 is 5.97 Å². The van der Waals surface area contributed by atoms with Crippen LogP contribution in [0.3, 0.4) is 0 Å². The largest absolute Gasteiger partial charge is 0.465 e. The highest BCUT2D eigenvalue weighted by Gasteiger charge is 2.33. The number of halogens is 2. The highest BCUT2D eigenvalue weighted by molar-refractivity contribution is 9.13. The Balaban J connectivity index is 1.92. The Morgan fingerprint density at radius 2 is 2.24 bits per heavy atom. The third-order valence-electron chi connectivity index (χ3n) is 3.46. The molecule has 1 aliphatic carbocycles. The van der Waals surface area contributed by atoms with Crippen molar-refractivity contribution in [1.29, 1.82) is 0 Å². The molecule has 6 heteroatoms. The molecule has 0 spiro atoms. The summed E-state index contributed by atoms with van der Waals surface area (Å²) in [5.74, 6) is -0.339. The Morgan fingerprint density at radius 1 is 1.43 bits per heavy atom. The van der Waals surface area contributed by atoms with Gasteiger partial charge in [0.1, 0.15) is 10.9 Å². The zero-order valence-electron chi connectivity index (χ0n) is 11.4. The number of esters is 1. The van der Waals surface area contributed by atoms with Crippen LogP contribution in [0.2, 0.25) is 0 Å². The predicted octanol–water partition coefficient (Wildman–Crippen LogP) is 4.93. The molecule has 2 aromatic rings. The summed E-state index contributed by atoms with van der Waals surface area (Å²) < 4.78 is 7.16. The van der Waals surface area contributed by atoms with Crippen molar-refractivity contribution in [3.8, 4) is 10.6 Å². The average Bonchev–Trinajstić information content (AvgIpc) is 3.01. The number of thiazole rings is 1. The number of ether oxygens (including phenoxy) is 1. The Kier molecular flexibility index (Phi) is 4.47. The molecular weight excluding hydrogens is 418 g/mol. The van der Waals surface area contributed by atoms with Crippen LogP contribution in [0.5, 0.6) is 0 Å². The second kappa shape index (κ2) is 6.18. The van der Waals surface area contributed by atoms with Crippen molar-refractivity contribution in [3.05, 3.63) is 37.7 Å². The molecule has 0 saturated carbocycles. The lowest BCUT2D eigenvalue weighted by molar-refractivity contribution is -0.145. The number of aromatic nitrogens is 1. The van der Waals surface area contributed by atoms with E-state index in [2.05, 4.69) is 31.9 Å². The first-order valence-corrected chi connectivity index (χ1v) is 9.12. The van der Waals surface area contributed by atoms with E-state index in [0.29, 0.717) is 6.61 Å². The molecule has 1 heterocycles. The topological polar surface area (TPSA) is 39.2 Å². The zero-order valence-corrected chi connectivity index (χ0v) is 15.3. The van der Waals surface area contributed by atoms with Crippen molar-refractivity contribution in [1.82, 2.24) is 4.98 Å². The minimum atomic E-state index is -0.191. The highest BCUT2D eigenvalue weighted by atomic mass is 79.9. The van der Waals surface area contributed by atoms with Gasteiger partial charge in [0.15, 0.2) is 0 Å². The number of fused-ring (bicyclic) bond motifs is 1. The van der Waals surface area contributed by atoms with Gasteiger partial charge in [-0.2, -0.15) is 0 Å². The molecule has 0 fully saturated rings. The summed E-state index contributed by atoms with van der Waals surface area (Å²) in [6.45, 7) is 2.25.